The number of urea groups is 1. The van der Waals surface area contributed by atoms with Crippen LogP contribution in [-0.2, 0) is 17.8 Å². The second kappa shape index (κ2) is 13.0. The van der Waals surface area contributed by atoms with E-state index < -0.39 is 6.10 Å². The molecule has 2 heterocycles. The van der Waals surface area contributed by atoms with E-state index >= 15 is 0 Å². The van der Waals surface area contributed by atoms with Crippen LogP contribution in [0.2, 0.25) is 0 Å². The van der Waals surface area contributed by atoms with Crippen molar-refractivity contribution in [3.63, 3.8) is 0 Å². The molecule has 2 aliphatic heterocycles. The Labute approximate surface area is 245 Å². The van der Waals surface area contributed by atoms with Gasteiger partial charge in [-0.05, 0) is 63.0 Å². The number of aliphatic hydroxyl groups is 1. The first-order valence-electron chi connectivity index (χ1n) is 15.5. The molecule has 3 amide bonds. The standard InChI is InChI=1S/C34H48N4O3/c1-34(2,3)35-32(40)31-19-27-16-10-11-17-28(27)21-36(31)23-30(39)24-38-29(18-25-12-6-4-7-13-25)22-37(33(38)41)20-26-14-8-5-9-15-26/h4-9,12-15,27-31,39H,10-11,16-24H2,1-3H3,(H,35,40)/t27-,28+,29-,30?,31?/m0/s1. The highest BCUT2D eigenvalue weighted by Gasteiger charge is 2.42. The fourth-order valence-corrected chi connectivity index (χ4v) is 7.18. The minimum absolute atomic E-state index is 0.0210. The van der Waals surface area contributed by atoms with E-state index in [1.807, 2.05) is 67.0 Å². The van der Waals surface area contributed by atoms with Gasteiger partial charge in [-0.15, -0.1) is 0 Å². The van der Waals surface area contributed by atoms with E-state index in [1.165, 1.54) is 31.2 Å². The molecule has 41 heavy (non-hydrogen) atoms. The summed E-state index contributed by atoms with van der Waals surface area (Å²) in [6, 6.07) is 20.1. The number of fused-ring (bicyclic) bond motifs is 1. The van der Waals surface area contributed by atoms with E-state index in [0.717, 1.165) is 24.9 Å². The normalized spacial score (nSPS) is 26.1. The number of likely N-dealkylation sites (tertiary alicyclic amines) is 1. The minimum atomic E-state index is -0.737. The second-order valence-electron chi connectivity index (χ2n) is 13.5. The van der Waals surface area contributed by atoms with E-state index in [-0.39, 0.29) is 36.1 Å². The lowest BCUT2D eigenvalue weighted by Crippen LogP contribution is -2.59. The zero-order valence-corrected chi connectivity index (χ0v) is 25.0. The number of nitrogens with one attached hydrogen (secondary N) is 1. The first-order valence-corrected chi connectivity index (χ1v) is 15.5. The summed E-state index contributed by atoms with van der Waals surface area (Å²) in [5, 5.41) is 14.7. The molecule has 0 radical (unpaired) electrons. The van der Waals surface area contributed by atoms with Crippen molar-refractivity contribution in [1.82, 2.24) is 20.0 Å². The molecule has 2 unspecified atom stereocenters. The molecule has 2 aromatic rings. The number of hydrogen-bond acceptors (Lipinski definition) is 4. The van der Waals surface area contributed by atoms with Gasteiger partial charge in [0.15, 0.2) is 0 Å². The van der Waals surface area contributed by atoms with Gasteiger partial charge >= 0.3 is 6.03 Å². The molecule has 0 bridgehead atoms. The van der Waals surface area contributed by atoms with Gasteiger partial charge in [0.25, 0.3) is 0 Å². The Morgan fingerprint density at radius 1 is 0.927 bits per heavy atom. The molecule has 1 saturated carbocycles. The lowest BCUT2D eigenvalue weighted by Gasteiger charge is -2.46. The number of carbonyl (C=O) groups excluding carboxylic acids is 2. The fraction of sp³-hybridized carbons (Fsp3) is 0.588. The largest absolute Gasteiger partial charge is 0.390 e. The van der Waals surface area contributed by atoms with Gasteiger partial charge in [0, 0.05) is 38.3 Å². The summed E-state index contributed by atoms with van der Waals surface area (Å²) in [5.41, 5.74) is 1.98. The molecule has 5 atom stereocenters. The Hall–Kier alpha value is -2.90. The molecular formula is C34H48N4O3. The topological polar surface area (TPSA) is 76.1 Å². The summed E-state index contributed by atoms with van der Waals surface area (Å²) in [6.45, 7) is 8.73. The number of benzene rings is 2. The summed E-state index contributed by atoms with van der Waals surface area (Å²) >= 11 is 0. The Bertz CT molecular complexity index is 1150. The van der Waals surface area contributed by atoms with Crippen LogP contribution < -0.4 is 5.32 Å². The third-order valence-electron chi connectivity index (χ3n) is 9.07. The summed E-state index contributed by atoms with van der Waals surface area (Å²) in [7, 11) is 0. The third kappa shape index (κ3) is 7.69. The number of rotatable bonds is 9. The minimum Gasteiger partial charge on any atom is -0.390 e. The number of hydrogen-bond donors (Lipinski definition) is 2. The van der Waals surface area contributed by atoms with Crippen LogP contribution in [0.1, 0.15) is 64.0 Å². The van der Waals surface area contributed by atoms with Crippen molar-refractivity contribution in [2.24, 2.45) is 11.8 Å². The number of nitrogens with zero attached hydrogens (tertiary/aromatic N) is 3. The van der Waals surface area contributed by atoms with E-state index in [9.17, 15) is 14.7 Å². The monoisotopic (exact) mass is 560 g/mol. The van der Waals surface area contributed by atoms with Gasteiger partial charge in [0.05, 0.1) is 18.2 Å². The van der Waals surface area contributed by atoms with Crippen LogP contribution in [0.25, 0.3) is 0 Å². The lowest BCUT2D eigenvalue weighted by atomic mass is 9.72. The summed E-state index contributed by atoms with van der Waals surface area (Å²) < 4.78 is 0. The highest BCUT2D eigenvalue weighted by atomic mass is 16.3. The first-order chi connectivity index (χ1) is 19.7. The molecular weight excluding hydrogens is 512 g/mol. The predicted octanol–water partition coefficient (Wildman–Crippen LogP) is 4.69. The van der Waals surface area contributed by atoms with E-state index in [1.54, 1.807) is 0 Å². The van der Waals surface area contributed by atoms with Crippen LogP contribution in [0.5, 0.6) is 0 Å². The molecule has 2 N–H and O–H groups in total. The van der Waals surface area contributed by atoms with Gasteiger partial charge in [-0.25, -0.2) is 4.79 Å². The maximum absolute atomic E-state index is 13.7. The average Bonchev–Trinajstić information content (AvgIpc) is 3.21. The highest BCUT2D eigenvalue weighted by molar-refractivity contribution is 5.82. The Morgan fingerprint density at radius 2 is 1.56 bits per heavy atom. The lowest BCUT2D eigenvalue weighted by molar-refractivity contribution is -0.132. The van der Waals surface area contributed by atoms with Crippen molar-refractivity contribution in [3.8, 4) is 0 Å². The molecule has 2 saturated heterocycles. The highest BCUT2D eigenvalue weighted by Crippen LogP contribution is 2.39. The van der Waals surface area contributed by atoms with Gasteiger partial charge in [0.1, 0.15) is 0 Å². The molecule has 0 aromatic heterocycles. The van der Waals surface area contributed by atoms with Crippen molar-refractivity contribution in [2.45, 2.75) is 89.6 Å². The van der Waals surface area contributed by atoms with Crippen molar-refractivity contribution < 1.29 is 14.7 Å². The first kappa shape index (κ1) is 29.6. The van der Waals surface area contributed by atoms with Crippen LogP contribution in [0.3, 0.4) is 0 Å². The van der Waals surface area contributed by atoms with E-state index in [0.29, 0.717) is 31.5 Å². The molecule has 3 aliphatic rings. The fourth-order valence-electron chi connectivity index (χ4n) is 7.18. The number of amides is 3. The Kier molecular flexibility index (Phi) is 9.35. The molecule has 5 rings (SSSR count). The van der Waals surface area contributed by atoms with Gasteiger partial charge in [-0.1, -0.05) is 79.9 Å². The third-order valence-corrected chi connectivity index (χ3v) is 9.07. The SMILES string of the molecule is CC(C)(C)NC(=O)C1C[C@@H]2CCCC[C@@H]2CN1CC(O)CN1C(=O)N(Cc2ccccc2)C[C@@H]1Cc1ccccc1. The maximum atomic E-state index is 13.7. The van der Waals surface area contributed by atoms with Crippen molar-refractivity contribution >= 4 is 11.9 Å². The molecule has 222 valence electrons. The number of aliphatic hydroxyl groups excluding tert-OH is 1. The molecule has 1 aliphatic carbocycles. The van der Waals surface area contributed by atoms with Gasteiger partial charge in [-0.3, -0.25) is 9.69 Å². The molecule has 2 aromatic carbocycles. The van der Waals surface area contributed by atoms with Gasteiger partial charge in [-0.2, -0.15) is 0 Å². The molecule has 7 heteroatoms. The van der Waals surface area contributed by atoms with E-state index in [2.05, 4.69) is 34.5 Å². The Morgan fingerprint density at radius 3 is 2.22 bits per heavy atom. The van der Waals surface area contributed by atoms with E-state index in [4.69, 9.17) is 0 Å². The smallest absolute Gasteiger partial charge is 0.320 e. The summed E-state index contributed by atoms with van der Waals surface area (Å²) in [6.07, 6.45) is 5.75. The van der Waals surface area contributed by atoms with Crippen molar-refractivity contribution in [3.05, 3.63) is 71.8 Å². The predicted molar refractivity (Wildman–Crippen MR) is 162 cm³/mol. The zero-order chi connectivity index (χ0) is 29.0. The maximum Gasteiger partial charge on any atom is 0.320 e. The Balaban J connectivity index is 1.30. The second-order valence-corrected chi connectivity index (χ2v) is 13.5. The van der Waals surface area contributed by atoms with Crippen LogP contribution in [0.4, 0.5) is 4.79 Å². The van der Waals surface area contributed by atoms with Crippen LogP contribution in [0, 0.1) is 11.8 Å². The molecule has 3 fully saturated rings. The number of piperidine rings is 1. The van der Waals surface area contributed by atoms with Crippen LogP contribution in [-0.4, -0.2) is 81.7 Å². The van der Waals surface area contributed by atoms with Crippen LogP contribution in [0.15, 0.2) is 60.7 Å². The van der Waals surface area contributed by atoms with Crippen molar-refractivity contribution in [2.75, 3.05) is 26.2 Å². The molecule has 0 spiro atoms. The zero-order valence-electron chi connectivity index (χ0n) is 25.0. The van der Waals surface area contributed by atoms with Crippen LogP contribution >= 0.6 is 0 Å². The summed E-state index contributed by atoms with van der Waals surface area (Å²) in [4.78, 5) is 33.2. The molecule has 7 nitrogen and oxygen atoms in total. The number of carbonyl (C=O) groups is 2. The number of β-amino-alcohol motifs (C(OH)–C–C–N with tert-alkyl or cyclic N) is 1. The average molecular weight is 561 g/mol. The quantitative estimate of drug-likeness (QED) is 0.467. The van der Waals surface area contributed by atoms with Gasteiger partial charge in [0.2, 0.25) is 5.91 Å². The van der Waals surface area contributed by atoms with Gasteiger partial charge < -0.3 is 20.2 Å². The summed E-state index contributed by atoms with van der Waals surface area (Å²) in [5.74, 6) is 1.21. The van der Waals surface area contributed by atoms with Crippen molar-refractivity contribution in [1.29, 1.82) is 0 Å².